The van der Waals surface area contributed by atoms with E-state index >= 15 is 0 Å². The molecule has 4 rings (SSSR count). The molecule has 2 aliphatic rings. The van der Waals surface area contributed by atoms with E-state index in [1.807, 2.05) is 0 Å². The molecule has 0 N–H and O–H groups in total. The van der Waals surface area contributed by atoms with Crippen LogP contribution >= 0.6 is 0 Å². The van der Waals surface area contributed by atoms with Crippen LogP contribution in [0.15, 0.2) is 60.7 Å². The lowest BCUT2D eigenvalue weighted by Crippen LogP contribution is -2.37. The van der Waals surface area contributed by atoms with Crippen LogP contribution in [0.4, 0.5) is 0 Å². The maximum absolute atomic E-state index is 6.77. The Kier molecular flexibility index (Phi) is 4.43. The fourth-order valence-electron chi connectivity index (χ4n) is 4.49. The maximum atomic E-state index is 6.77. The Hall–Kier alpha value is -1.64. The van der Waals surface area contributed by atoms with Crippen LogP contribution in [0.1, 0.15) is 50.8 Å². The van der Waals surface area contributed by atoms with Crippen LogP contribution in [0, 0.1) is 11.8 Å². The third-order valence-electron chi connectivity index (χ3n) is 6.16. The molecular weight excluding hydrogens is 308 g/mol. The SMILES string of the molecule is CC1C(OC(c2ccccc2)c2ccccc2)CC2CC1OC2(C)C. The molecule has 2 bridgehead atoms. The molecule has 0 radical (unpaired) electrons. The Bertz CT molecular complexity index is 655. The zero-order chi connectivity index (χ0) is 17.4. The molecule has 1 saturated carbocycles. The van der Waals surface area contributed by atoms with Crippen LogP contribution in [0.3, 0.4) is 0 Å². The molecule has 0 aromatic heterocycles. The van der Waals surface area contributed by atoms with E-state index in [9.17, 15) is 0 Å². The molecule has 4 unspecified atom stereocenters. The zero-order valence-corrected chi connectivity index (χ0v) is 15.4. The van der Waals surface area contributed by atoms with Gasteiger partial charge in [-0.05, 0) is 43.7 Å². The van der Waals surface area contributed by atoms with Crippen molar-refractivity contribution in [1.82, 2.24) is 0 Å². The normalized spacial score (nSPS) is 30.6. The molecule has 2 heteroatoms. The van der Waals surface area contributed by atoms with E-state index in [4.69, 9.17) is 9.47 Å². The summed E-state index contributed by atoms with van der Waals surface area (Å²) in [5, 5.41) is 0. The van der Waals surface area contributed by atoms with Gasteiger partial charge in [0, 0.05) is 5.92 Å². The number of hydrogen-bond acceptors (Lipinski definition) is 2. The minimum Gasteiger partial charge on any atom is -0.372 e. The average molecular weight is 336 g/mol. The standard InChI is InChI=1S/C23H28O2/c1-16-20(14-19-15-21(16)25-23(19,2)3)24-22(17-10-6-4-7-11-17)18-12-8-5-9-13-18/h4-13,16,19-22H,14-15H2,1-3H3. The molecule has 25 heavy (non-hydrogen) atoms. The van der Waals surface area contributed by atoms with Crippen LogP contribution in [0.5, 0.6) is 0 Å². The van der Waals surface area contributed by atoms with Crippen molar-refractivity contribution in [3.05, 3.63) is 71.8 Å². The van der Waals surface area contributed by atoms with Gasteiger partial charge >= 0.3 is 0 Å². The number of rotatable bonds is 4. The topological polar surface area (TPSA) is 18.5 Å². The molecule has 2 aromatic carbocycles. The van der Waals surface area contributed by atoms with Gasteiger partial charge in [0.15, 0.2) is 0 Å². The summed E-state index contributed by atoms with van der Waals surface area (Å²) in [5.41, 5.74) is 2.42. The summed E-state index contributed by atoms with van der Waals surface area (Å²) in [4.78, 5) is 0. The fraction of sp³-hybridized carbons (Fsp3) is 0.478. The predicted octanol–water partition coefficient (Wildman–Crippen LogP) is 5.38. The van der Waals surface area contributed by atoms with Crippen molar-refractivity contribution < 1.29 is 9.47 Å². The maximum Gasteiger partial charge on any atom is 0.108 e. The number of benzene rings is 2. The minimum absolute atomic E-state index is 0.0181. The first-order valence-electron chi connectivity index (χ1n) is 9.48. The van der Waals surface area contributed by atoms with Gasteiger partial charge in [-0.15, -0.1) is 0 Å². The fourth-order valence-corrected chi connectivity index (χ4v) is 4.49. The van der Waals surface area contributed by atoms with E-state index in [0.29, 0.717) is 17.9 Å². The molecule has 0 spiro atoms. The number of ether oxygens (including phenoxy) is 2. The monoisotopic (exact) mass is 336 g/mol. The number of hydrogen-bond donors (Lipinski definition) is 0. The van der Waals surface area contributed by atoms with E-state index in [-0.39, 0.29) is 17.8 Å². The third kappa shape index (κ3) is 3.26. The van der Waals surface area contributed by atoms with Crippen LogP contribution in [-0.2, 0) is 9.47 Å². The molecule has 0 amide bonds. The van der Waals surface area contributed by atoms with E-state index < -0.39 is 0 Å². The third-order valence-corrected chi connectivity index (χ3v) is 6.16. The Balaban J connectivity index is 1.61. The van der Waals surface area contributed by atoms with Crippen molar-refractivity contribution in [2.45, 2.75) is 57.5 Å². The van der Waals surface area contributed by atoms with Crippen molar-refractivity contribution in [3.8, 4) is 0 Å². The van der Waals surface area contributed by atoms with Gasteiger partial charge in [0.1, 0.15) is 6.10 Å². The first kappa shape index (κ1) is 16.8. The molecule has 1 aliphatic carbocycles. The van der Waals surface area contributed by atoms with Gasteiger partial charge in [0.05, 0.1) is 17.8 Å². The second-order valence-corrected chi connectivity index (χ2v) is 8.16. The number of fused-ring (bicyclic) bond motifs is 2. The minimum atomic E-state index is -0.0218. The Labute approximate surface area is 151 Å². The van der Waals surface area contributed by atoms with E-state index in [1.54, 1.807) is 0 Å². The van der Waals surface area contributed by atoms with Crippen molar-refractivity contribution in [2.24, 2.45) is 11.8 Å². The molecule has 1 saturated heterocycles. The average Bonchev–Trinajstić information content (AvgIpc) is 2.89. The quantitative estimate of drug-likeness (QED) is 0.746. The molecule has 132 valence electrons. The van der Waals surface area contributed by atoms with Gasteiger partial charge < -0.3 is 9.47 Å². The Morgan fingerprint density at radius 1 is 0.920 bits per heavy atom. The van der Waals surface area contributed by atoms with Gasteiger partial charge in [0.25, 0.3) is 0 Å². The first-order valence-corrected chi connectivity index (χ1v) is 9.48. The second kappa shape index (κ2) is 6.59. The lowest BCUT2D eigenvalue weighted by Gasteiger charge is -2.36. The summed E-state index contributed by atoms with van der Waals surface area (Å²) in [7, 11) is 0. The van der Waals surface area contributed by atoms with Crippen LogP contribution in [0.2, 0.25) is 0 Å². The van der Waals surface area contributed by atoms with Gasteiger partial charge in [-0.3, -0.25) is 0 Å². The summed E-state index contributed by atoms with van der Waals surface area (Å²) < 4.78 is 13.1. The highest BCUT2D eigenvalue weighted by Crippen LogP contribution is 2.48. The van der Waals surface area contributed by atoms with Crippen molar-refractivity contribution >= 4 is 0 Å². The Morgan fingerprint density at radius 2 is 1.48 bits per heavy atom. The van der Waals surface area contributed by atoms with Gasteiger partial charge in [0.2, 0.25) is 0 Å². The molecule has 2 aromatic rings. The lowest BCUT2D eigenvalue weighted by atomic mass is 9.75. The molecular formula is C23H28O2. The summed E-state index contributed by atoms with van der Waals surface area (Å²) in [6, 6.07) is 21.2. The molecule has 2 fully saturated rings. The highest BCUT2D eigenvalue weighted by molar-refractivity contribution is 5.30. The van der Waals surface area contributed by atoms with Crippen LogP contribution < -0.4 is 0 Å². The van der Waals surface area contributed by atoms with Gasteiger partial charge in [-0.2, -0.15) is 0 Å². The van der Waals surface area contributed by atoms with Gasteiger partial charge in [-0.1, -0.05) is 67.6 Å². The smallest absolute Gasteiger partial charge is 0.108 e. The first-order chi connectivity index (χ1) is 12.0. The largest absolute Gasteiger partial charge is 0.372 e. The summed E-state index contributed by atoms with van der Waals surface area (Å²) >= 11 is 0. The van der Waals surface area contributed by atoms with E-state index in [0.717, 1.165) is 6.42 Å². The summed E-state index contributed by atoms with van der Waals surface area (Å²) in [5.74, 6) is 1.01. The second-order valence-electron chi connectivity index (χ2n) is 8.16. The molecule has 1 aliphatic heterocycles. The Morgan fingerprint density at radius 3 is 2.04 bits per heavy atom. The summed E-state index contributed by atoms with van der Waals surface area (Å²) in [6.45, 7) is 6.76. The highest BCUT2D eigenvalue weighted by atomic mass is 16.5. The summed E-state index contributed by atoms with van der Waals surface area (Å²) in [6.07, 6.45) is 2.80. The zero-order valence-electron chi connectivity index (χ0n) is 15.4. The van der Waals surface area contributed by atoms with Crippen LogP contribution in [0.25, 0.3) is 0 Å². The lowest BCUT2D eigenvalue weighted by molar-refractivity contribution is -0.0796. The molecule has 4 atom stereocenters. The van der Waals surface area contributed by atoms with Crippen LogP contribution in [-0.4, -0.2) is 17.8 Å². The van der Waals surface area contributed by atoms with E-state index in [1.165, 1.54) is 17.5 Å². The molecule has 1 heterocycles. The van der Waals surface area contributed by atoms with Gasteiger partial charge in [-0.25, -0.2) is 0 Å². The van der Waals surface area contributed by atoms with Crippen molar-refractivity contribution in [1.29, 1.82) is 0 Å². The highest BCUT2D eigenvalue weighted by Gasteiger charge is 2.50. The van der Waals surface area contributed by atoms with Crippen molar-refractivity contribution in [2.75, 3.05) is 0 Å². The molecule has 2 nitrogen and oxygen atoms in total. The predicted molar refractivity (Wildman–Crippen MR) is 100 cm³/mol. The van der Waals surface area contributed by atoms with Crippen molar-refractivity contribution in [3.63, 3.8) is 0 Å². The van der Waals surface area contributed by atoms with E-state index in [2.05, 4.69) is 81.4 Å².